The van der Waals surface area contributed by atoms with Crippen LogP contribution in [0.2, 0.25) is 0 Å². The van der Waals surface area contributed by atoms with E-state index in [-0.39, 0.29) is 0 Å². The Balaban J connectivity index is 2.55. The minimum Gasteiger partial charge on any atom is -0.190 e. The summed E-state index contributed by atoms with van der Waals surface area (Å²) in [5.74, 6) is 0. The zero-order valence-corrected chi connectivity index (χ0v) is 9.09. The number of hydrogen-bond donors (Lipinski definition) is 0. The Hall–Kier alpha value is -0.420. The van der Waals surface area contributed by atoms with Crippen LogP contribution in [0, 0.1) is 9.77 Å². The Labute approximate surface area is 88.8 Å². The van der Waals surface area contributed by atoms with Crippen LogP contribution in [-0.4, -0.2) is 4.37 Å². The first-order valence-corrected chi connectivity index (χ1v) is 5.36. The van der Waals surface area contributed by atoms with Gasteiger partial charge >= 0.3 is 0 Å². The van der Waals surface area contributed by atoms with Crippen molar-refractivity contribution in [3.8, 4) is 11.1 Å². The van der Waals surface area contributed by atoms with Crippen molar-refractivity contribution in [2.45, 2.75) is 0 Å². The number of rotatable bonds is 1. The molecule has 2 aromatic rings. The average Bonchev–Trinajstić information content (AvgIpc) is 2.57. The highest BCUT2D eigenvalue weighted by Gasteiger charge is 2.02. The monoisotopic (exact) mass is 286 g/mol. The summed E-state index contributed by atoms with van der Waals surface area (Å²) in [6.07, 6.45) is 2.96. The van der Waals surface area contributed by atoms with Crippen molar-refractivity contribution in [1.29, 1.82) is 0 Å². The molecule has 2 rings (SSSR count). The predicted molar refractivity (Wildman–Crippen MR) is 59.1 cm³/mol. The van der Waals surface area contributed by atoms with E-state index >= 15 is 0 Å². The lowest BCUT2D eigenvalue weighted by molar-refractivity contribution is 1.52. The van der Waals surface area contributed by atoms with Crippen molar-refractivity contribution in [3.63, 3.8) is 0 Å². The molecule has 1 aromatic heterocycles. The summed E-state index contributed by atoms with van der Waals surface area (Å²) in [7, 11) is 0. The van der Waals surface area contributed by atoms with Crippen LogP contribution < -0.4 is 0 Å². The normalized spacial score (nSPS) is 10.1. The summed E-state index contributed by atoms with van der Waals surface area (Å²) in [5.41, 5.74) is 2.30. The van der Waals surface area contributed by atoms with Gasteiger partial charge in [0.2, 0.25) is 0 Å². The molecule has 0 fully saturated rings. The zero-order valence-electron chi connectivity index (χ0n) is 6.12. The fraction of sp³-hybridized carbons (Fsp3) is 0. The molecule has 0 aliphatic heterocycles. The molecule has 0 atom stereocenters. The molecule has 0 saturated heterocycles. The second-order valence-electron chi connectivity index (χ2n) is 2.32. The van der Waals surface area contributed by atoms with Crippen molar-refractivity contribution in [1.82, 2.24) is 4.37 Å². The van der Waals surface area contributed by atoms with Gasteiger partial charge in [-0.05, 0) is 45.8 Å². The first-order chi connectivity index (χ1) is 5.88. The lowest BCUT2D eigenvalue weighted by Gasteiger charge is -1.98. The Morgan fingerprint density at radius 3 is 2.83 bits per heavy atom. The van der Waals surface area contributed by atoms with Gasteiger partial charge in [0.1, 0.15) is 6.20 Å². The van der Waals surface area contributed by atoms with E-state index in [0.717, 1.165) is 5.56 Å². The highest BCUT2D eigenvalue weighted by atomic mass is 127. The molecule has 1 nitrogen and oxygen atoms in total. The van der Waals surface area contributed by atoms with E-state index in [2.05, 4.69) is 45.3 Å². The van der Waals surface area contributed by atoms with Crippen LogP contribution >= 0.6 is 34.1 Å². The summed E-state index contributed by atoms with van der Waals surface area (Å²) in [5, 5.41) is 2.01. The summed E-state index contributed by atoms with van der Waals surface area (Å²) in [4.78, 5) is 0. The first kappa shape index (κ1) is 8.19. The Morgan fingerprint density at radius 1 is 1.33 bits per heavy atom. The van der Waals surface area contributed by atoms with Crippen LogP contribution in [0.5, 0.6) is 0 Å². The Kier molecular flexibility index (Phi) is 2.41. The molecule has 0 saturated carbocycles. The van der Waals surface area contributed by atoms with Crippen molar-refractivity contribution in [3.05, 3.63) is 39.4 Å². The fourth-order valence-corrected chi connectivity index (χ4v) is 2.15. The van der Waals surface area contributed by atoms with Gasteiger partial charge in [0, 0.05) is 14.5 Å². The van der Waals surface area contributed by atoms with Crippen LogP contribution in [0.15, 0.2) is 29.6 Å². The van der Waals surface area contributed by atoms with Crippen LogP contribution in [0.3, 0.4) is 0 Å². The van der Waals surface area contributed by atoms with Crippen molar-refractivity contribution in [2.75, 3.05) is 0 Å². The largest absolute Gasteiger partial charge is 0.190 e. The Bertz CT molecular complexity index is 370. The van der Waals surface area contributed by atoms with Gasteiger partial charge in [-0.25, -0.2) is 0 Å². The predicted octanol–water partition coefficient (Wildman–Crippen LogP) is 3.21. The van der Waals surface area contributed by atoms with Crippen molar-refractivity contribution < 1.29 is 0 Å². The highest BCUT2D eigenvalue weighted by Crippen LogP contribution is 2.24. The molecule has 1 aromatic carbocycles. The summed E-state index contributed by atoms with van der Waals surface area (Å²) in [6, 6.07) is 8.23. The molecule has 1 radical (unpaired) electrons. The third-order valence-electron chi connectivity index (χ3n) is 1.55. The zero-order chi connectivity index (χ0) is 8.39. The van der Waals surface area contributed by atoms with Crippen LogP contribution in [0.25, 0.3) is 11.1 Å². The molecule has 0 N–H and O–H groups in total. The lowest BCUT2D eigenvalue weighted by Crippen LogP contribution is -1.78. The third-order valence-corrected chi connectivity index (χ3v) is 3.03. The van der Waals surface area contributed by atoms with Crippen molar-refractivity contribution in [2.24, 2.45) is 0 Å². The minimum atomic E-state index is 1.09. The number of aromatic nitrogens is 1. The SMILES string of the molecule is Ic1ccccc1-c1[c]nsc1. The number of benzene rings is 1. The quantitative estimate of drug-likeness (QED) is 0.733. The molecule has 1 heterocycles. The van der Waals surface area contributed by atoms with Crippen LogP contribution in [0.4, 0.5) is 0 Å². The van der Waals surface area contributed by atoms with Gasteiger partial charge in [-0.15, -0.1) is 0 Å². The molecule has 0 unspecified atom stereocenters. The van der Waals surface area contributed by atoms with E-state index in [1.807, 2.05) is 17.5 Å². The van der Waals surface area contributed by atoms with E-state index in [0.29, 0.717) is 0 Å². The standard InChI is InChI=1S/C9H5INS/c10-9-4-2-1-3-8(9)7-5-11-12-6-7/h1-4,6H. The number of hydrogen-bond acceptors (Lipinski definition) is 2. The smallest absolute Gasteiger partial charge is 0.112 e. The van der Waals surface area contributed by atoms with Crippen LogP contribution in [-0.2, 0) is 0 Å². The van der Waals surface area contributed by atoms with Gasteiger partial charge in [0.25, 0.3) is 0 Å². The average molecular weight is 286 g/mol. The maximum atomic E-state index is 3.95. The molecule has 0 aliphatic carbocycles. The highest BCUT2D eigenvalue weighted by molar-refractivity contribution is 14.1. The fourth-order valence-electron chi connectivity index (χ4n) is 0.984. The summed E-state index contributed by atoms with van der Waals surface area (Å²) in [6.45, 7) is 0. The number of nitrogens with zero attached hydrogens (tertiary/aromatic N) is 1. The third kappa shape index (κ3) is 1.51. The second-order valence-corrected chi connectivity index (χ2v) is 4.11. The van der Waals surface area contributed by atoms with Gasteiger partial charge in [0.15, 0.2) is 0 Å². The van der Waals surface area contributed by atoms with E-state index in [9.17, 15) is 0 Å². The van der Waals surface area contributed by atoms with E-state index in [1.165, 1.54) is 20.7 Å². The topological polar surface area (TPSA) is 12.9 Å². The molecular weight excluding hydrogens is 281 g/mol. The van der Waals surface area contributed by atoms with Gasteiger partial charge in [0.05, 0.1) is 0 Å². The molecule has 12 heavy (non-hydrogen) atoms. The molecule has 0 aliphatic rings. The number of halogens is 1. The minimum absolute atomic E-state index is 1.09. The molecule has 0 spiro atoms. The second kappa shape index (κ2) is 3.53. The Morgan fingerprint density at radius 2 is 2.17 bits per heavy atom. The molecular formula is C9H5INS. The molecule has 59 valence electrons. The molecule has 0 bridgehead atoms. The maximum Gasteiger partial charge on any atom is 0.112 e. The van der Waals surface area contributed by atoms with Crippen molar-refractivity contribution >= 4 is 34.1 Å². The summed E-state index contributed by atoms with van der Waals surface area (Å²) < 4.78 is 5.20. The lowest BCUT2D eigenvalue weighted by atomic mass is 10.1. The van der Waals surface area contributed by atoms with Gasteiger partial charge in [-0.2, -0.15) is 4.37 Å². The van der Waals surface area contributed by atoms with E-state index in [1.54, 1.807) is 0 Å². The molecule has 3 heteroatoms. The maximum absolute atomic E-state index is 3.95. The van der Waals surface area contributed by atoms with Gasteiger partial charge in [-0.3, -0.25) is 0 Å². The van der Waals surface area contributed by atoms with E-state index in [4.69, 9.17) is 0 Å². The summed E-state index contributed by atoms with van der Waals surface area (Å²) >= 11 is 3.75. The van der Waals surface area contributed by atoms with Gasteiger partial charge in [-0.1, -0.05) is 18.2 Å². The van der Waals surface area contributed by atoms with Gasteiger partial charge < -0.3 is 0 Å². The van der Waals surface area contributed by atoms with Crippen LogP contribution in [0.1, 0.15) is 0 Å². The molecule has 0 amide bonds. The van der Waals surface area contributed by atoms with E-state index < -0.39 is 0 Å². The first-order valence-electron chi connectivity index (χ1n) is 3.45.